The molecule has 0 heterocycles. The first-order valence-electron chi connectivity index (χ1n) is 11.7. The van der Waals surface area contributed by atoms with Gasteiger partial charge in [-0.1, -0.05) is 42.8 Å². The van der Waals surface area contributed by atoms with Crippen LogP contribution in [0, 0.1) is 0 Å². The topological polar surface area (TPSA) is 84.9 Å². The van der Waals surface area contributed by atoms with Crippen LogP contribution in [0.15, 0.2) is 77.7 Å². The summed E-state index contributed by atoms with van der Waals surface area (Å²) >= 11 is 6.12. The normalized spacial score (nSPS) is 11.1. The van der Waals surface area contributed by atoms with E-state index in [0.29, 0.717) is 36.0 Å². The van der Waals surface area contributed by atoms with Crippen LogP contribution in [0.25, 0.3) is 0 Å². The number of benzene rings is 3. The lowest BCUT2D eigenvalue weighted by molar-refractivity contribution is -0.119. The molecule has 0 aromatic heterocycles. The van der Waals surface area contributed by atoms with Crippen molar-refractivity contribution in [2.24, 2.45) is 0 Å². The van der Waals surface area contributed by atoms with E-state index in [0.717, 1.165) is 28.5 Å². The quantitative estimate of drug-likeness (QED) is 0.311. The number of halogens is 1. The van der Waals surface area contributed by atoms with E-state index >= 15 is 0 Å². The molecule has 0 aliphatic rings. The van der Waals surface area contributed by atoms with Crippen molar-refractivity contribution in [3.63, 3.8) is 0 Å². The average Bonchev–Trinajstić information content (AvgIpc) is 2.89. The number of methoxy groups -OCH3 is 1. The van der Waals surface area contributed by atoms with Crippen LogP contribution in [0.3, 0.4) is 0 Å². The van der Waals surface area contributed by atoms with Gasteiger partial charge in [0.1, 0.15) is 18.0 Å². The van der Waals surface area contributed by atoms with Crippen molar-refractivity contribution >= 4 is 33.2 Å². The number of nitrogens with zero attached hydrogens (tertiary/aromatic N) is 1. The Hall–Kier alpha value is -3.23. The lowest BCUT2D eigenvalue weighted by Crippen LogP contribution is -2.41. The van der Waals surface area contributed by atoms with Crippen LogP contribution in [0.4, 0.5) is 5.69 Å². The average molecular weight is 531 g/mol. The minimum atomic E-state index is -4.04. The van der Waals surface area contributed by atoms with Crippen molar-refractivity contribution in [1.82, 2.24) is 5.32 Å². The van der Waals surface area contributed by atoms with Gasteiger partial charge in [-0.25, -0.2) is 8.42 Å². The van der Waals surface area contributed by atoms with Crippen molar-refractivity contribution < 1.29 is 22.7 Å². The van der Waals surface area contributed by atoms with Crippen LogP contribution in [0.2, 0.25) is 5.02 Å². The largest absolute Gasteiger partial charge is 0.497 e. The number of carbonyl (C=O) groups is 1. The number of anilines is 1. The summed E-state index contributed by atoms with van der Waals surface area (Å²) in [6, 6.07) is 20.3. The van der Waals surface area contributed by atoms with Gasteiger partial charge in [-0.15, -0.1) is 0 Å². The third kappa shape index (κ3) is 7.38. The molecule has 3 aromatic rings. The maximum Gasteiger partial charge on any atom is 0.264 e. The van der Waals surface area contributed by atoms with E-state index < -0.39 is 15.9 Å². The Morgan fingerprint density at radius 3 is 2.47 bits per heavy atom. The molecule has 0 aliphatic heterocycles. The molecule has 0 aliphatic carbocycles. The van der Waals surface area contributed by atoms with E-state index in [9.17, 15) is 13.2 Å². The van der Waals surface area contributed by atoms with E-state index in [1.807, 2.05) is 24.3 Å². The van der Waals surface area contributed by atoms with E-state index in [1.54, 1.807) is 30.3 Å². The molecule has 0 radical (unpaired) electrons. The summed E-state index contributed by atoms with van der Waals surface area (Å²) in [5.41, 5.74) is 1.37. The Morgan fingerprint density at radius 2 is 1.78 bits per heavy atom. The zero-order valence-corrected chi connectivity index (χ0v) is 22.0. The molecule has 0 fully saturated rings. The van der Waals surface area contributed by atoms with Gasteiger partial charge >= 0.3 is 0 Å². The molecule has 192 valence electrons. The summed E-state index contributed by atoms with van der Waals surface area (Å²) in [5.74, 6) is 0.966. The van der Waals surface area contributed by atoms with Gasteiger partial charge in [0, 0.05) is 11.6 Å². The van der Waals surface area contributed by atoms with Crippen LogP contribution in [0.5, 0.6) is 11.5 Å². The molecular weight excluding hydrogens is 500 g/mol. The first kappa shape index (κ1) is 27.4. The molecule has 7 nitrogen and oxygen atoms in total. The highest BCUT2D eigenvalue weighted by molar-refractivity contribution is 7.92. The molecule has 0 unspecified atom stereocenters. The maximum absolute atomic E-state index is 13.5. The highest BCUT2D eigenvalue weighted by Gasteiger charge is 2.27. The molecule has 0 atom stereocenters. The molecule has 3 rings (SSSR count). The first-order valence-corrected chi connectivity index (χ1v) is 13.6. The van der Waals surface area contributed by atoms with Crippen molar-refractivity contribution in [3.05, 3.63) is 83.4 Å². The molecular formula is C27H31ClN2O5S. The molecule has 0 saturated carbocycles. The molecule has 0 bridgehead atoms. The lowest BCUT2D eigenvalue weighted by Gasteiger charge is -2.24. The Bertz CT molecular complexity index is 1250. The second-order valence-corrected chi connectivity index (χ2v) is 10.4. The number of amides is 1. The fourth-order valence-electron chi connectivity index (χ4n) is 3.58. The van der Waals surface area contributed by atoms with Crippen LogP contribution < -0.4 is 19.1 Å². The van der Waals surface area contributed by atoms with Gasteiger partial charge in [0.15, 0.2) is 0 Å². The fraction of sp³-hybridized carbons (Fsp3) is 0.296. The van der Waals surface area contributed by atoms with Crippen LogP contribution >= 0.6 is 11.6 Å². The Labute approximate surface area is 218 Å². The lowest BCUT2D eigenvalue weighted by atomic mass is 10.1. The van der Waals surface area contributed by atoms with Gasteiger partial charge in [-0.05, 0) is 73.4 Å². The molecule has 1 N–H and O–H groups in total. The second kappa shape index (κ2) is 13.2. The predicted octanol–water partition coefficient (Wildman–Crippen LogP) is 5.08. The van der Waals surface area contributed by atoms with E-state index in [1.165, 1.54) is 25.3 Å². The molecule has 9 heteroatoms. The van der Waals surface area contributed by atoms with E-state index in [-0.39, 0.29) is 11.4 Å². The fourth-order valence-corrected chi connectivity index (χ4v) is 5.17. The van der Waals surface area contributed by atoms with Crippen LogP contribution in [-0.2, 0) is 21.2 Å². The zero-order chi connectivity index (χ0) is 26.0. The number of rotatable bonds is 13. The highest BCUT2D eigenvalue weighted by atomic mass is 35.5. The SMILES string of the molecule is CCCOc1ccccc1CCCNC(=O)CN(c1cccc(Cl)c1)S(=O)(=O)c1ccc(OC)cc1. The first-order chi connectivity index (χ1) is 17.3. The number of sulfonamides is 1. The summed E-state index contributed by atoms with van der Waals surface area (Å²) in [4.78, 5) is 12.9. The van der Waals surface area contributed by atoms with Crippen LogP contribution in [-0.4, -0.2) is 41.1 Å². The van der Waals surface area contributed by atoms with Gasteiger partial charge in [0.25, 0.3) is 10.0 Å². The Balaban J connectivity index is 1.68. The van der Waals surface area contributed by atoms with E-state index in [2.05, 4.69) is 12.2 Å². The van der Waals surface area contributed by atoms with E-state index in [4.69, 9.17) is 21.1 Å². The summed E-state index contributed by atoms with van der Waals surface area (Å²) in [5, 5.41) is 3.20. The third-order valence-electron chi connectivity index (χ3n) is 5.41. The second-order valence-electron chi connectivity index (χ2n) is 8.08. The molecule has 3 aromatic carbocycles. The Morgan fingerprint density at radius 1 is 1.03 bits per heavy atom. The number of aryl methyl sites for hydroxylation is 1. The third-order valence-corrected chi connectivity index (χ3v) is 7.43. The van der Waals surface area contributed by atoms with Gasteiger partial charge in [0.2, 0.25) is 5.91 Å². The molecule has 0 spiro atoms. The smallest absolute Gasteiger partial charge is 0.264 e. The molecule has 1 amide bonds. The number of para-hydroxylation sites is 1. The van der Waals surface area contributed by atoms with Gasteiger partial charge in [-0.3, -0.25) is 9.10 Å². The summed E-state index contributed by atoms with van der Waals surface area (Å²) in [6.07, 6.45) is 2.33. The molecule has 36 heavy (non-hydrogen) atoms. The van der Waals surface area contributed by atoms with Gasteiger partial charge < -0.3 is 14.8 Å². The minimum absolute atomic E-state index is 0.0414. The number of nitrogens with one attached hydrogen (secondary N) is 1. The predicted molar refractivity (Wildman–Crippen MR) is 143 cm³/mol. The number of carbonyl (C=O) groups excluding carboxylic acids is 1. The number of hydrogen-bond acceptors (Lipinski definition) is 5. The van der Waals surface area contributed by atoms with Crippen molar-refractivity contribution in [2.75, 3.05) is 31.1 Å². The summed E-state index contributed by atoms with van der Waals surface area (Å²) in [6.45, 7) is 2.72. The van der Waals surface area contributed by atoms with Crippen molar-refractivity contribution in [2.45, 2.75) is 31.1 Å². The van der Waals surface area contributed by atoms with Crippen LogP contribution in [0.1, 0.15) is 25.3 Å². The monoisotopic (exact) mass is 530 g/mol. The highest BCUT2D eigenvalue weighted by Crippen LogP contribution is 2.27. The Kier molecular flexibility index (Phi) is 10.0. The standard InChI is InChI=1S/C27H31ClN2O5S/c1-3-18-35-26-12-5-4-8-21(26)9-7-17-29-27(31)20-30(23-11-6-10-22(28)19-23)36(32,33)25-15-13-24(34-2)14-16-25/h4-6,8,10-16,19H,3,7,9,17-18,20H2,1-2H3,(H,29,31). The van der Waals surface area contributed by atoms with Gasteiger partial charge in [0.05, 0.1) is 24.3 Å². The summed E-state index contributed by atoms with van der Waals surface area (Å²) < 4.78 is 38.9. The van der Waals surface area contributed by atoms with Gasteiger partial charge in [-0.2, -0.15) is 0 Å². The number of hydrogen-bond donors (Lipinski definition) is 1. The molecule has 0 saturated heterocycles. The van der Waals surface area contributed by atoms with Crippen molar-refractivity contribution in [1.29, 1.82) is 0 Å². The maximum atomic E-state index is 13.5. The summed E-state index contributed by atoms with van der Waals surface area (Å²) in [7, 11) is -2.53. The van der Waals surface area contributed by atoms with Crippen molar-refractivity contribution in [3.8, 4) is 11.5 Å². The minimum Gasteiger partial charge on any atom is -0.497 e. The zero-order valence-electron chi connectivity index (χ0n) is 20.4. The number of ether oxygens (including phenoxy) is 2.